The summed E-state index contributed by atoms with van der Waals surface area (Å²) in [5.74, 6) is -0.396. The molecule has 0 aliphatic rings. The van der Waals surface area contributed by atoms with Crippen LogP contribution in [0.2, 0.25) is 0 Å². The second-order valence-electron chi connectivity index (χ2n) is 3.55. The molecule has 0 fully saturated rings. The highest BCUT2D eigenvalue weighted by molar-refractivity contribution is 5.85. The van der Waals surface area contributed by atoms with Crippen LogP contribution >= 0.6 is 12.4 Å². The predicted octanol–water partition coefficient (Wildman–Crippen LogP) is 1.84. The lowest BCUT2D eigenvalue weighted by Crippen LogP contribution is -2.19. The molecule has 0 saturated heterocycles. The van der Waals surface area contributed by atoms with Crippen LogP contribution in [0.4, 0.5) is 0 Å². The van der Waals surface area contributed by atoms with Crippen molar-refractivity contribution in [1.82, 2.24) is 0 Å². The van der Waals surface area contributed by atoms with E-state index in [1.165, 1.54) is 0 Å². The fourth-order valence-electron chi connectivity index (χ4n) is 1.26. The number of carbonyl (C=O) groups is 2. The van der Waals surface area contributed by atoms with Gasteiger partial charge >= 0.3 is 5.97 Å². The smallest absolute Gasteiger partial charge is 0.306 e. The van der Waals surface area contributed by atoms with E-state index in [1.54, 1.807) is 0 Å². The SMILES string of the molecule is CCCC(CC)OC(=O)CCC(=O)CN.Cl. The van der Waals surface area contributed by atoms with E-state index in [-0.39, 0.29) is 49.6 Å². The first-order chi connectivity index (χ1) is 7.13. The molecule has 96 valence electrons. The molecule has 0 saturated carbocycles. The van der Waals surface area contributed by atoms with Crippen LogP contribution in [0.15, 0.2) is 0 Å². The zero-order valence-corrected chi connectivity index (χ0v) is 10.8. The van der Waals surface area contributed by atoms with Gasteiger partial charge in [-0.2, -0.15) is 0 Å². The Bertz CT molecular complexity index is 209. The average Bonchev–Trinajstić information content (AvgIpc) is 2.25. The number of ether oxygens (including phenoxy) is 1. The van der Waals surface area contributed by atoms with Gasteiger partial charge in [-0.05, 0) is 12.8 Å². The summed E-state index contributed by atoms with van der Waals surface area (Å²) in [5.41, 5.74) is 5.13. The maximum Gasteiger partial charge on any atom is 0.306 e. The number of ketones is 1. The van der Waals surface area contributed by atoms with Crippen molar-refractivity contribution in [2.45, 2.75) is 52.1 Å². The normalized spacial score (nSPS) is 11.4. The van der Waals surface area contributed by atoms with E-state index in [9.17, 15) is 9.59 Å². The largest absolute Gasteiger partial charge is 0.462 e. The van der Waals surface area contributed by atoms with Crippen molar-refractivity contribution in [3.05, 3.63) is 0 Å². The monoisotopic (exact) mass is 251 g/mol. The van der Waals surface area contributed by atoms with Crippen molar-refractivity contribution in [3.8, 4) is 0 Å². The molecule has 0 amide bonds. The molecule has 1 unspecified atom stereocenters. The number of Topliss-reactive ketones (excluding diaryl/α,β-unsaturated/α-hetero) is 1. The Labute approximate surface area is 103 Å². The van der Waals surface area contributed by atoms with Gasteiger partial charge in [0.25, 0.3) is 0 Å². The Morgan fingerprint density at radius 1 is 1.25 bits per heavy atom. The molecule has 4 nitrogen and oxygen atoms in total. The molecule has 0 rings (SSSR count). The Hall–Kier alpha value is -0.610. The Kier molecular flexibility index (Phi) is 12.1. The molecule has 0 aliphatic heterocycles. The van der Waals surface area contributed by atoms with E-state index < -0.39 is 0 Å². The third-order valence-electron chi connectivity index (χ3n) is 2.20. The second kappa shape index (κ2) is 10.9. The molecule has 1 atom stereocenters. The third kappa shape index (κ3) is 8.68. The van der Waals surface area contributed by atoms with Crippen LogP contribution in [0.25, 0.3) is 0 Å². The van der Waals surface area contributed by atoms with E-state index in [0.717, 1.165) is 19.3 Å². The average molecular weight is 252 g/mol. The second-order valence-corrected chi connectivity index (χ2v) is 3.55. The van der Waals surface area contributed by atoms with Crippen LogP contribution in [0, 0.1) is 0 Å². The van der Waals surface area contributed by atoms with Crippen LogP contribution in [0.3, 0.4) is 0 Å². The first-order valence-corrected chi connectivity index (χ1v) is 5.55. The highest BCUT2D eigenvalue weighted by Gasteiger charge is 2.12. The summed E-state index contributed by atoms with van der Waals surface area (Å²) < 4.78 is 5.20. The molecule has 0 spiro atoms. The van der Waals surface area contributed by atoms with Gasteiger partial charge in [0.1, 0.15) is 11.9 Å². The summed E-state index contributed by atoms with van der Waals surface area (Å²) in [6.45, 7) is 4.03. The number of hydrogen-bond acceptors (Lipinski definition) is 4. The Balaban J connectivity index is 0. The zero-order chi connectivity index (χ0) is 11.7. The van der Waals surface area contributed by atoms with E-state index in [0.29, 0.717) is 0 Å². The summed E-state index contributed by atoms with van der Waals surface area (Å²) in [6.07, 6.45) is 3.04. The van der Waals surface area contributed by atoms with Gasteiger partial charge in [-0.15, -0.1) is 12.4 Å². The Morgan fingerprint density at radius 3 is 2.31 bits per heavy atom. The van der Waals surface area contributed by atoms with Gasteiger partial charge in [-0.1, -0.05) is 20.3 Å². The molecule has 16 heavy (non-hydrogen) atoms. The molecular weight excluding hydrogens is 230 g/mol. The lowest BCUT2D eigenvalue weighted by Gasteiger charge is -2.14. The van der Waals surface area contributed by atoms with Gasteiger partial charge in [0.2, 0.25) is 0 Å². The molecule has 2 N–H and O–H groups in total. The standard InChI is InChI=1S/C11H21NO3.ClH/c1-3-5-10(4-2)15-11(14)7-6-9(13)8-12;/h10H,3-8,12H2,1-2H3;1H. The number of rotatable bonds is 8. The van der Waals surface area contributed by atoms with Crippen molar-refractivity contribution in [2.24, 2.45) is 5.73 Å². The van der Waals surface area contributed by atoms with Crippen molar-refractivity contribution in [3.63, 3.8) is 0 Å². The summed E-state index contributed by atoms with van der Waals surface area (Å²) >= 11 is 0. The van der Waals surface area contributed by atoms with Crippen LogP contribution in [-0.4, -0.2) is 24.4 Å². The van der Waals surface area contributed by atoms with E-state index in [2.05, 4.69) is 6.92 Å². The summed E-state index contributed by atoms with van der Waals surface area (Å²) in [6, 6.07) is 0. The van der Waals surface area contributed by atoms with Gasteiger partial charge in [-0.25, -0.2) is 0 Å². The van der Waals surface area contributed by atoms with Crippen LogP contribution in [0.5, 0.6) is 0 Å². The highest BCUT2D eigenvalue weighted by Crippen LogP contribution is 2.08. The van der Waals surface area contributed by atoms with Gasteiger partial charge in [-0.3, -0.25) is 9.59 Å². The maximum absolute atomic E-state index is 11.3. The summed E-state index contributed by atoms with van der Waals surface area (Å²) in [5, 5.41) is 0. The topological polar surface area (TPSA) is 69.4 Å². The van der Waals surface area contributed by atoms with Gasteiger partial charge in [0.05, 0.1) is 13.0 Å². The lowest BCUT2D eigenvalue weighted by molar-refractivity contribution is -0.150. The molecule has 0 aromatic rings. The number of nitrogens with two attached hydrogens (primary N) is 1. The van der Waals surface area contributed by atoms with Gasteiger partial charge in [0.15, 0.2) is 0 Å². The minimum absolute atomic E-state index is 0. The molecule has 0 aliphatic carbocycles. The summed E-state index contributed by atoms with van der Waals surface area (Å²) in [4.78, 5) is 22.2. The number of hydrogen-bond donors (Lipinski definition) is 1. The quantitative estimate of drug-likeness (QED) is 0.669. The van der Waals surface area contributed by atoms with Crippen molar-refractivity contribution < 1.29 is 14.3 Å². The van der Waals surface area contributed by atoms with Crippen LogP contribution in [0.1, 0.15) is 46.0 Å². The Morgan fingerprint density at radius 2 is 1.88 bits per heavy atom. The highest BCUT2D eigenvalue weighted by atomic mass is 35.5. The lowest BCUT2D eigenvalue weighted by atomic mass is 10.1. The van der Waals surface area contributed by atoms with E-state index in [1.807, 2.05) is 6.92 Å². The van der Waals surface area contributed by atoms with E-state index in [4.69, 9.17) is 10.5 Å². The number of halogens is 1. The van der Waals surface area contributed by atoms with Gasteiger partial charge in [0, 0.05) is 6.42 Å². The summed E-state index contributed by atoms with van der Waals surface area (Å²) in [7, 11) is 0. The van der Waals surface area contributed by atoms with E-state index >= 15 is 0 Å². The van der Waals surface area contributed by atoms with Crippen LogP contribution < -0.4 is 5.73 Å². The molecule has 0 radical (unpaired) electrons. The molecule has 5 heteroatoms. The molecule has 0 bridgehead atoms. The fourth-order valence-corrected chi connectivity index (χ4v) is 1.26. The number of carbonyl (C=O) groups excluding carboxylic acids is 2. The van der Waals surface area contributed by atoms with Crippen molar-refractivity contribution in [2.75, 3.05) is 6.54 Å². The molecule has 0 aromatic carbocycles. The minimum atomic E-state index is -0.294. The van der Waals surface area contributed by atoms with Gasteiger partial charge < -0.3 is 10.5 Å². The fraction of sp³-hybridized carbons (Fsp3) is 0.818. The first-order valence-electron chi connectivity index (χ1n) is 5.55. The van der Waals surface area contributed by atoms with Crippen molar-refractivity contribution >= 4 is 24.2 Å². The minimum Gasteiger partial charge on any atom is -0.462 e. The van der Waals surface area contributed by atoms with Crippen LogP contribution in [-0.2, 0) is 14.3 Å². The maximum atomic E-state index is 11.3. The third-order valence-corrected chi connectivity index (χ3v) is 2.20. The van der Waals surface area contributed by atoms with Crippen molar-refractivity contribution in [1.29, 1.82) is 0 Å². The molecule has 0 heterocycles. The molecular formula is C11H22ClNO3. The predicted molar refractivity (Wildman–Crippen MR) is 65.6 cm³/mol. The molecule has 0 aromatic heterocycles. The first kappa shape index (κ1) is 17.8. The zero-order valence-electron chi connectivity index (χ0n) is 10.0. The number of esters is 1.